The van der Waals surface area contributed by atoms with Gasteiger partial charge in [0.05, 0.1) is 18.5 Å². The van der Waals surface area contributed by atoms with E-state index in [9.17, 15) is 0 Å². The van der Waals surface area contributed by atoms with Crippen LogP contribution in [0.25, 0.3) is 44.7 Å². The molecule has 0 amide bonds. The topological polar surface area (TPSA) is 37.9 Å². The normalized spacial score (nSPS) is 10.9. The lowest BCUT2D eigenvalue weighted by molar-refractivity contribution is 0.415. The molecule has 3 nitrogen and oxygen atoms in total. The standard InChI is InChI=1S/C26H20N2O/c1-29-23-15-14-20-16-22(13-12-21(20)17-23)26-27-24(18-8-4-2-5-9-18)25(28-26)19-10-6-3-7-11-19/h2-17H,1H3,(H,27,28). The summed E-state index contributed by atoms with van der Waals surface area (Å²) in [6.45, 7) is 0. The van der Waals surface area contributed by atoms with Gasteiger partial charge in [-0.3, -0.25) is 0 Å². The largest absolute Gasteiger partial charge is 0.497 e. The van der Waals surface area contributed by atoms with Crippen molar-refractivity contribution in [2.45, 2.75) is 0 Å². The fourth-order valence-electron chi connectivity index (χ4n) is 3.63. The van der Waals surface area contributed by atoms with Gasteiger partial charge in [0, 0.05) is 16.7 Å². The van der Waals surface area contributed by atoms with Gasteiger partial charge < -0.3 is 9.72 Å². The molecule has 1 heterocycles. The molecule has 3 heteroatoms. The van der Waals surface area contributed by atoms with Crippen LogP contribution in [0.3, 0.4) is 0 Å². The Morgan fingerprint density at radius 2 is 1.31 bits per heavy atom. The number of H-pyrrole nitrogens is 1. The third-order valence-corrected chi connectivity index (χ3v) is 5.13. The zero-order chi connectivity index (χ0) is 19.6. The number of benzene rings is 4. The number of fused-ring (bicyclic) bond motifs is 1. The second kappa shape index (κ2) is 7.28. The number of nitrogens with zero attached hydrogens (tertiary/aromatic N) is 1. The Labute approximate surface area is 169 Å². The molecule has 5 rings (SSSR count). The molecule has 4 aromatic carbocycles. The molecule has 140 valence electrons. The van der Waals surface area contributed by atoms with Crippen LogP contribution in [0.5, 0.6) is 5.75 Å². The van der Waals surface area contributed by atoms with E-state index in [1.54, 1.807) is 7.11 Å². The lowest BCUT2D eigenvalue weighted by Crippen LogP contribution is -1.84. The van der Waals surface area contributed by atoms with Gasteiger partial charge in [0.15, 0.2) is 0 Å². The lowest BCUT2D eigenvalue weighted by Gasteiger charge is -2.04. The van der Waals surface area contributed by atoms with Gasteiger partial charge in [0.25, 0.3) is 0 Å². The maximum Gasteiger partial charge on any atom is 0.138 e. The van der Waals surface area contributed by atoms with Crippen molar-refractivity contribution in [1.82, 2.24) is 9.97 Å². The number of hydrogen-bond donors (Lipinski definition) is 1. The van der Waals surface area contributed by atoms with Gasteiger partial charge >= 0.3 is 0 Å². The third-order valence-electron chi connectivity index (χ3n) is 5.13. The SMILES string of the molecule is COc1ccc2cc(-c3nc(-c4ccccc4)c(-c4ccccc4)[nH]3)ccc2c1. The van der Waals surface area contributed by atoms with Gasteiger partial charge in [0.1, 0.15) is 11.6 Å². The Morgan fingerprint density at radius 1 is 0.655 bits per heavy atom. The number of aromatic nitrogens is 2. The summed E-state index contributed by atoms with van der Waals surface area (Å²) >= 11 is 0. The van der Waals surface area contributed by atoms with Gasteiger partial charge in [-0.1, -0.05) is 78.9 Å². The molecule has 0 saturated heterocycles. The number of nitrogens with one attached hydrogen (secondary N) is 1. The van der Waals surface area contributed by atoms with Crippen molar-refractivity contribution < 1.29 is 4.74 Å². The lowest BCUT2D eigenvalue weighted by atomic mass is 10.1. The minimum absolute atomic E-state index is 0.862. The Balaban J connectivity index is 1.66. The summed E-state index contributed by atoms with van der Waals surface area (Å²) in [6, 6.07) is 33.1. The highest BCUT2D eigenvalue weighted by Gasteiger charge is 2.15. The van der Waals surface area contributed by atoms with Crippen LogP contribution in [0.2, 0.25) is 0 Å². The van der Waals surface area contributed by atoms with Crippen LogP contribution in [-0.2, 0) is 0 Å². The first-order valence-electron chi connectivity index (χ1n) is 9.61. The number of ether oxygens (including phenoxy) is 1. The zero-order valence-corrected chi connectivity index (χ0v) is 16.1. The van der Waals surface area contributed by atoms with Gasteiger partial charge in [-0.05, 0) is 29.0 Å². The highest BCUT2D eigenvalue weighted by atomic mass is 16.5. The fraction of sp³-hybridized carbons (Fsp3) is 0.0385. The molecule has 1 aromatic heterocycles. The Morgan fingerprint density at radius 3 is 2.03 bits per heavy atom. The van der Waals surface area contributed by atoms with E-state index in [-0.39, 0.29) is 0 Å². The van der Waals surface area contributed by atoms with Crippen LogP contribution in [0, 0.1) is 0 Å². The van der Waals surface area contributed by atoms with Crippen molar-refractivity contribution in [2.75, 3.05) is 7.11 Å². The highest BCUT2D eigenvalue weighted by Crippen LogP contribution is 2.34. The predicted molar refractivity (Wildman–Crippen MR) is 119 cm³/mol. The maximum atomic E-state index is 5.34. The quantitative estimate of drug-likeness (QED) is 0.385. The smallest absolute Gasteiger partial charge is 0.138 e. The molecule has 0 radical (unpaired) electrons. The number of methoxy groups -OCH3 is 1. The molecule has 0 bridgehead atoms. The predicted octanol–water partition coefficient (Wildman–Crippen LogP) is 6.57. The van der Waals surface area contributed by atoms with Gasteiger partial charge in [0.2, 0.25) is 0 Å². The van der Waals surface area contributed by atoms with Crippen LogP contribution in [0.15, 0.2) is 97.1 Å². The minimum atomic E-state index is 0.862. The average molecular weight is 376 g/mol. The molecule has 0 fully saturated rings. The van der Waals surface area contributed by atoms with Crippen LogP contribution in [-0.4, -0.2) is 17.1 Å². The summed E-state index contributed by atoms with van der Waals surface area (Å²) in [4.78, 5) is 8.55. The Kier molecular flexibility index (Phi) is 4.34. The van der Waals surface area contributed by atoms with Crippen LogP contribution in [0.1, 0.15) is 0 Å². The van der Waals surface area contributed by atoms with Crippen molar-refractivity contribution in [3.8, 4) is 39.7 Å². The summed E-state index contributed by atoms with van der Waals surface area (Å²) in [6.07, 6.45) is 0. The third kappa shape index (κ3) is 3.27. The second-order valence-electron chi connectivity index (χ2n) is 6.97. The van der Waals surface area contributed by atoms with Crippen LogP contribution >= 0.6 is 0 Å². The van der Waals surface area contributed by atoms with E-state index >= 15 is 0 Å². The Bertz CT molecular complexity index is 1220. The zero-order valence-electron chi connectivity index (χ0n) is 16.1. The van der Waals surface area contributed by atoms with Crippen molar-refractivity contribution in [2.24, 2.45) is 0 Å². The summed E-state index contributed by atoms with van der Waals surface area (Å²) in [5, 5.41) is 2.30. The summed E-state index contributed by atoms with van der Waals surface area (Å²) in [5.74, 6) is 1.72. The molecule has 5 aromatic rings. The average Bonchev–Trinajstić information content (AvgIpc) is 3.25. The maximum absolute atomic E-state index is 5.34. The molecule has 29 heavy (non-hydrogen) atoms. The van der Waals surface area contributed by atoms with E-state index in [4.69, 9.17) is 9.72 Å². The first kappa shape index (κ1) is 17.3. The van der Waals surface area contributed by atoms with Gasteiger partial charge in [-0.25, -0.2) is 4.98 Å². The molecule has 0 spiro atoms. The Hall–Kier alpha value is -3.85. The number of imidazole rings is 1. The molecule has 0 aliphatic heterocycles. The number of rotatable bonds is 4. The van der Waals surface area contributed by atoms with E-state index in [1.807, 2.05) is 48.5 Å². The molecule has 0 saturated carbocycles. The highest BCUT2D eigenvalue weighted by molar-refractivity contribution is 5.89. The van der Waals surface area contributed by atoms with Crippen molar-refractivity contribution >= 4 is 10.8 Å². The summed E-state index contributed by atoms with van der Waals surface area (Å²) < 4.78 is 5.34. The van der Waals surface area contributed by atoms with E-state index in [0.29, 0.717) is 0 Å². The van der Waals surface area contributed by atoms with E-state index < -0.39 is 0 Å². The summed E-state index contributed by atoms with van der Waals surface area (Å²) in [7, 11) is 1.69. The van der Waals surface area contributed by atoms with Crippen molar-refractivity contribution in [3.63, 3.8) is 0 Å². The van der Waals surface area contributed by atoms with Crippen LogP contribution < -0.4 is 4.74 Å². The van der Waals surface area contributed by atoms with E-state index in [1.165, 1.54) is 0 Å². The number of hydrogen-bond acceptors (Lipinski definition) is 2. The van der Waals surface area contributed by atoms with Crippen LogP contribution in [0.4, 0.5) is 0 Å². The first-order chi connectivity index (χ1) is 14.3. The van der Waals surface area contributed by atoms with E-state index in [2.05, 4.69) is 53.5 Å². The first-order valence-corrected chi connectivity index (χ1v) is 9.61. The second-order valence-corrected chi connectivity index (χ2v) is 6.97. The fourth-order valence-corrected chi connectivity index (χ4v) is 3.63. The van der Waals surface area contributed by atoms with Crippen molar-refractivity contribution in [3.05, 3.63) is 97.1 Å². The van der Waals surface area contributed by atoms with Gasteiger partial charge in [-0.2, -0.15) is 0 Å². The molecular weight excluding hydrogens is 356 g/mol. The molecule has 0 atom stereocenters. The van der Waals surface area contributed by atoms with E-state index in [0.717, 1.165) is 50.4 Å². The number of aromatic amines is 1. The molecule has 0 unspecified atom stereocenters. The molecular formula is C26H20N2O. The molecule has 0 aliphatic rings. The van der Waals surface area contributed by atoms with Crippen molar-refractivity contribution in [1.29, 1.82) is 0 Å². The minimum Gasteiger partial charge on any atom is -0.497 e. The monoisotopic (exact) mass is 376 g/mol. The molecule has 1 N–H and O–H groups in total. The molecule has 0 aliphatic carbocycles. The summed E-state index contributed by atoms with van der Waals surface area (Å²) in [5.41, 5.74) is 5.26. The van der Waals surface area contributed by atoms with Gasteiger partial charge in [-0.15, -0.1) is 0 Å².